The van der Waals surface area contributed by atoms with Gasteiger partial charge in [-0.05, 0) is 42.7 Å². The third-order valence-corrected chi connectivity index (χ3v) is 5.81. The lowest BCUT2D eigenvalue weighted by Gasteiger charge is -2.32. The van der Waals surface area contributed by atoms with E-state index >= 15 is 0 Å². The summed E-state index contributed by atoms with van der Waals surface area (Å²) in [5.74, 6) is -0.654. The molecule has 0 spiro atoms. The fourth-order valence-corrected chi connectivity index (χ4v) is 4.00. The van der Waals surface area contributed by atoms with Crippen LogP contribution in [0.3, 0.4) is 0 Å². The lowest BCUT2D eigenvalue weighted by molar-refractivity contribution is -0.143. The van der Waals surface area contributed by atoms with Gasteiger partial charge in [-0.15, -0.1) is 0 Å². The molecule has 1 saturated heterocycles. The molecule has 0 bridgehead atoms. The Morgan fingerprint density at radius 3 is 2.34 bits per heavy atom. The zero-order valence-corrected chi connectivity index (χ0v) is 17.9. The summed E-state index contributed by atoms with van der Waals surface area (Å²) < 4.78 is 42.4. The number of nitrogens with one attached hydrogen (secondary N) is 1. The van der Waals surface area contributed by atoms with Crippen molar-refractivity contribution in [3.05, 3.63) is 82.6 Å². The molecule has 0 saturated carbocycles. The van der Waals surface area contributed by atoms with E-state index in [2.05, 4.69) is 10.4 Å². The minimum absolute atomic E-state index is 0.185. The van der Waals surface area contributed by atoms with E-state index in [0.717, 1.165) is 16.4 Å². The van der Waals surface area contributed by atoms with Crippen LogP contribution in [0.4, 0.5) is 13.2 Å². The summed E-state index contributed by atoms with van der Waals surface area (Å²) in [6.45, 7) is 1.48. The monoisotopic (exact) mass is 462 g/mol. The van der Waals surface area contributed by atoms with Gasteiger partial charge < -0.3 is 10.2 Å². The quantitative estimate of drug-likeness (QED) is 0.584. The minimum atomic E-state index is -4.74. The fourth-order valence-electron chi connectivity index (χ4n) is 3.87. The molecule has 0 radical (unpaired) electrons. The fraction of sp³-hybridized carbons (Fsp3) is 0.304. The highest BCUT2D eigenvalue weighted by atomic mass is 35.5. The molecular weight excluding hydrogens is 441 g/mol. The predicted octanol–water partition coefficient (Wildman–Crippen LogP) is 4.94. The summed E-state index contributed by atoms with van der Waals surface area (Å²) in [7, 11) is 0. The molecule has 1 aliphatic heterocycles. The lowest BCUT2D eigenvalue weighted by Crippen LogP contribution is -2.45. The Balaban J connectivity index is 1.46. The Labute approximate surface area is 188 Å². The molecule has 1 aliphatic rings. The van der Waals surface area contributed by atoms with Gasteiger partial charge in [-0.25, -0.2) is 4.68 Å². The molecule has 2 aromatic carbocycles. The van der Waals surface area contributed by atoms with Crippen molar-refractivity contribution < 1.29 is 18.0 Å². The molecule has 2 heterocycles. The average molecular weight is 463 g/mol. The van der Waals surface area contributed by atoms with Crippen LogP contribution in [0.2, 0.25) is 5.02 Å². The van der Waals surface area contributed by atoms with Crippen molar-refractivity contribution in [1.29, 1.82) is 0 Å². The SMILES string of the molecule is O=C(c1cnn(-c2ccc(Cl)cc2)c1C(F)(F)F)N1CCC(NCc2ccccc2)CC1. The first-order valence-electron chi connectivity index (χ1n) is 10.3. The number of hydrogen-bond acceptors (Lipinski definition) is 3. The number of alkyl halides is 3. The molecule has 0 atom stereocenters. The smallest absolute Gasteiger partial charge is 0.338 e. The lowest BCUT2D eigenvalue weighted by atomic mass is 10.0. The van der Waals surface area contributed by atoms with Gasteiger partial charge in [0.05, 0.1) is 17.4 Å². The number of carbonyl (C=O) groups is 1. The summed E-state index contributed by atoms with van der Waals surface area (Å²) >= 11 is 5.84. The van der Waals surface area contributed by atoms with E-state index in [1.165, 1.54) is 29.2 Å². The van der Waals surface area contributed by atoms with E-state index in [0.29, 0.717) is 37.5 Å². The topological polar surface area (TPSA) is 50.2 Å². The van der Waals surface area contributed by atoms with Gasteiger partial charge >= 0.3 is 6.18 Å². The van der Waals surface area contributed by atoms with E-state index in [9.17, 15) is 18.0 Å². The number of halogens is 4. The van der Waals surface area contributed by atoms with Crippen molar-refractivity contribution in [2.24, 2.45) is 0 Å². The van der Waals surface area contributed by atoms with E-state index in [1.807, 2.05) is 30.3 Å². The summed E-state index contributed by atoms with van der Waals surface area (Å²) in [5, 5.41) is 7.73. The molecule has 0 unspecified atom stereocenters. The highest BCUT2D eigenvalue weighted by Crippen LogP contribution is 2.34. The third kappa shape index (κ3) is 4.97. The number of rotatable bonds is 5. The van der Waals surface area contributed by atoms with Crippen molar-refractivity contribution in [1.82, 2.24) is 20.0 Å². The molecule has 32 heavy (non-hydrogen) atoms. The molecule has 1 fully saturated rings. The van der Waals surface area contributed by atoms with E-state index in [4.69, 9.17) is 11.6 Å². The molecule has 168 valence electrons. The van der Waals surface area contributed by atoms with Crippen molar-refractivity contribution in [2.45, 2.75) is 31.6 Å². The highest BCUT2D eigenvalue weighted by molar-refractivity contribution is 6.30. The number of aromatic nitrogens is 2. The Morgan fingerprint density at radius 1 is 1.06 bits per heavy atom. The zero-order chi connectivity index (χ0) is 22.7. The van der Waals surface area contributed by atoms with Gasteiger partial charge in [0.15, 0.2) is 5.69 Å². The van der Waals surface area contributed by atoms with Crippen LogP contribution in [0.5, 0.6) is 0 Å². The van der Waals surface area contributed by atoms with Crippen LogP contribution >= 0.6 is 11.6 Å². The third-order valence-electron chi connectivity index (χ3n) is 5.56. The maximum atomic E-state index is 13.9. The molecule has 1 aromatic heterocycles. The highest BCUT2D eigenvalue weighted by Gasteiger charge is 2.41. The first-order chi connectivity index (χ1) is 15.3. The van der Waals surface area contributed by atoms with Crippen LogP contribution in [-0.4, -0.2) is 39.7 Å². The van der Waals surface area contributed by atoms with E-state index < -0.39 is 23.3 Å². The molecule has 1 N–H and O–H groups in total. The number of carbonyl (C=O) groups excluding carboxylic acids is 1. The minimum Gasteiger partial charge on any atom is -0.338 e. The van der Waals surface area contributed by atoms with Crippen molar-refractivity contribution in [2.75, 3.05) is 13.1 Å². The Bertz CT molecular complexity index is 1060. The number of hydrogen-bond donors (Lipinski definition) is 1. The molecule has 0 aliphatic carbocycles. The second-order valence-electron chi connectivity index (χ2n) is 7.73. The predicted molar refractivity (Wildman–Crippen MR) is 116 cm³/mol. The number of piperidine rings is 1. The number of nitrogens with zero attached hydrogens (tertiary/aromatic N) is 3. The van der Waals surface area contributed by atoms with Gasteiger partial charge in [0.2, 0.25) is 0 Å². The van der Waals surface area contributed by atoms with Crippen LogP contribution in [0.25, 0.3) is 5.69 Å². The largest absolute Gasteiger partial charge is 0.434 e. The summed E-state index contributed by atoms with van der Waals surface area (Å²) in [6, 6.07) is 16.0. The van der Waals surface area contributed by atoms with Crippen LogP contribution in [0.15, 0.2) is 60.8 Å². The summed E-state index contributed by atoms with van der Waals surface area (Å²) in [6.07, 6.45) is -2.40. The second-order valence-corrected chi connectivity index (χ2v) is 8.16. The molecular formula is C23H22ClF3N4O. The van der Waals surface area contributed by atoms with Gasteiger partial charge in [0.25, 0.3) is 5.91 Å². The van der Waals surface area contributed by atoms with Gasteiger partial charge in [0, 0.05) is 30.7 Å². The second kappa shape index (κ2) is 9.34. The number of benzene rings is 2. The molecule has 1 amide bonds. The van der Waals surface area contributed by atoms with Gasteiger partial charge in [-0.1, -0.05) is 41.9 Å². The van der Waals surface area contributed by atoms with Gasteiger partial charge in [-0.2, -0.15) is 18.3 Å². The molecule has 9 heteroatoms. The first-order valence-corrected chi connectivity index (χ1v) is 10.7. The maximum Gasteiger partial charge on any atom is 0.434 e. The molecule has 5 nitrogen and oxygen atoms in total. The zero-order valence-electron chi connectivity index (χ0n) is 17.1. The molecule has 4 rings (SSSR count). The number of likely N-dealkylation sites (tertiary alicyclic amines) is 1. The maximum absolute atomic E-state index is 13.9. The van der Waals surface area contributed by atoms with Crippen LogP contribution < -0.4 is 5.32 Å². The normalized spacial score (nSPS) is 15.2. The van der Waals surface area contributed by atoms with Crippen LogP contribution in [-0.2, 0) is 12.7 Å². The molecule has 3 aromatic rings. The van der Waals surface area contributed by atoms with Gasteiger partial charge in [-0.3, -0.25) is 4.79 Å². The van der Waals surface area contributed by atoms with E-state index in [1.54, 1.807) is 0 Å². The Kier molecular flexibility index (Phi) is 6.53. The van der Waals surface area contributed by atoms with Gasteiger partial charge in [0.1, 0.15) is 0 Å². The summed E-state index contributed by atoms with van der Waals surface area (Å²) in [5.41, 5.74) is -0.169. The van der Waals surface area contributed by atoms with Crippen molar-refractivity contribution >= 4 is 17.5 Å². The van der Waals surface area contributed by atoms with Crippen molar-refractivity contribution in [3.8, 4) is 5.69 Å². The first kappa shape index (κ1) is 22.4. The number of amides is 1. The Morgan fingerprint density at radius 2 is 1.72 bits per heavy atom. The summed E-state index contributed by atoms with van der Waals surface area (Å²) in [4.78, 5) is 14.5. The standard InChI is InChI=1S/C23H22ClF3N4O/c24-17-6-8-19(9-7-17)31-21(23(25,26)27)20(15-29-31)22(32)30-12-10-18(11-13-30)28-14-16-4-2-1-3-5-16/h1-9,15,18,28H,10-14H2. The Hall–Kier alpha value is -2.84. The average Bonchev–Trinajstić information content (AvgIpc) is 3.25. The van der Waals surface area contributed by atoms with Crippen LogP contribution in [0, 0.1) is 0 Å². The van der Waals surface area contributed by atoms with Crippen LogP contribution in [0.1, 0.15) is 34.5 Å². The van der Waals surface area contributed by atoms with Crippen molar-refractivity contribution in [3.63, 3.8) is 0 Å². The van der Waals surface area contributed by atoms with E-state index in [-0.39, 0.29) is 11.7 Å².